The highest BCUT2D eigenvalue weighted by Gasteiger charge is 2.33. The predicted octanol–water partition coefficient (Wildman–Crippen LogP) is 1.75. The summed E-state index contributed by atoms with van der Waals surface area (Å²) in [6, 6.07) is 5.19. The Morgan fingerprint density at radius 2 is 2.28 bits per heavy atom. The second kappa shape index (κ2) is 5.67. The second-order valence-corrected chi connectivity index (χ2v) is 4.99. The fourth-order valence-corrected chi connectivity index (χ4v) is 2.78. The van der Waals surface area contributed by atoms with Crippen LogP contribution in [0.2, 0.25) is 0 Å². The minimum absolute atomic E-state index is 0.0255. The third-order valence-corrected chi connectivity index (χ3v) is 3.79. The summed E-state index contributed by atoms with van der Waals surface area (Å²) >= 11 is 0. The van der Waals surface area contributed by atoms with Crippen LogP contribution in [0.25, 0.3) is 0 Å². The van der Waals surface area contributed by atoms with Crippen LogP contribution in [0.15, 0.2) is 18.2 Å². The summed E-state index contributed by atoms with van der Waals surface area (Å²) < 4.78 is 14.1. The van der Waals surface area contributed by atoms with Crippen LogP contribution in [-0.4, -0.2) is 31.3 Å². The Morgan fingerprint density at radius 1 is 1.50 bits per heavy atom. The van der Waals surface area contributed by atoms with E-state index in [1.165, 1.54) is 6.07 Å². The first-order chi connectivity index (χ1) is 8.69. The lowest BCUT2D eigenvalue weighted by atomic mass is 10.0. The van der Waals surface area contributed by atoms with Gasteiger partial charge in [0.25, 0.3) is 0 Å². The van der Waals surface area contributed by atoms with Gasteiger partial charge in [-0.3, -0.25) is 0 Å². The average Bonchev–Trinajstić information content (AvgIpc) is 2.71. The fraction of sp³-hybridized carbons (Fsp3) is 0.571. The molecule has 18 heavy (non-hydrogen) atoms. The molecule has 0 aromatic heterocycles. The zero-order chi connectivity index (χ0) is 13.1. The quantitative estimate of drug-likeness (QED) is 0.857. The molecule has 0 aliphatic carbocycles. The van der Waals surface area contributed by atoms with Crippen molar-refractivity contribution in [2.24, 2.45) is 5.92 Å². The highest BCUT2D eigenvalue weighted by atomic mass is 19.1. The number of hydrogen-bond donors (Lipinski definition) is 2. The Labute approximate surface area is 108 Å². The molecule has 1 aliphatic rings. The third-order valence-electron chi connectivity index (χ3n) is 3.79. The zero-order valence-corrected chi connectivity index (χ0v) is 11.0. The smallest absolute Gasteiger partial charge is 0.146 e. The molecular weight excluding hydrogens is 231 g/mol. The van der Waals surface area contributed by atoms with E-state index in [4.69, 9.17) is 0 Å². The van der Waals surface area contributed by atoms with Crippen molar-refractivity contribution in [1.82, 2.24) is 5.32 Å². The minimum Gasteiger partial charge on any atom is -0.394 e. The number of halogens is 1. The average molecular weight is 252 g/mol. The number of nitrogens with zero attached hydrogens (tertiary/aromatic N) is 1. The van der Waals surface area contributed by atoms with E-state index in [1.807, 2.05) is 18.0 Å². The maximum atomic E-state index is 14.1. The molecule has 4 heteroatoms. The number of hydrogen-bond acceptors (Lipinski definition) is 3. The molecule has 0 bridgehead atoms. The lowest BCUT2D eigenvalue weighted by Crippen LogP contribution is -2.36. The van der Waals surface area contributed by atoms with Crippen LogP contribution in [0, 0.1) is 11.7 Å². The zero-order valence-electron chi connectivity index (χ0n) is 11.0. The van der Waals surface area contributed by atoms with Crippen molar-refractivity contribution in [1.29, 1.82) is 0 Å². The first-order valence-corrected chi connectivity index (χ1v) is 6.48. The number of nitrogens with one attached hydrogen (secondary N) is 1. The van der Waals surface area contributed by atoms with Crippen LogP contribution >= 0.6 is 0 Å². The van der Waals surface area contributed by atoms with E-state index in [1.54, 1.807) is 6.07 Å². The Bertz CT molecular complexity index is 411. The Balaban J connectivity index is 2.37. The van der Waals surface area contributed by atoms with Crippen LogP contribution in [0.1, 0.15) is 18.9 Å². The van der Waals surface area contributed by atoms with Crippen LogP contribution in [0.3, 0.4) is 0 Å². The van der Waals surface area contributed by atoms with E-state index in [0.29, 0.717) is 18.2 Å². The lowest BCUT2D eigenvalue weighted by Gasteiger charge is -2.29. The first-order valence-electron chi connectivity index (χ1n) is 6.48. The molecule has 2 unspecified atom stereocenters. The van der Waals surface area contributed by atoms with Gasteiger partial charge in [0.2, 0.25) is 0 Å². The Morgan fingerprint density at radius 3 is 2.94 bits per heavy atom. The van der Waals surface area contributed by atoms with E-state index in [2.05, 4.69) is 12.2 Å². The molecule has 2 rings (SSSR count). The maximum absolute atomic E-state index is 14.1. The van der Waals surface area contributed by atoms with Crippen molar-refractivity contribution >= 4 is 5.69 Å². The highest BCUT2D eigenvalue weighted by molar-refractivity contribution is 5.56. The summed E-state index contributed by atoms with van der Waals surface area (Å²) in [6.45, 7) is 3.63. The molecule has 1 aliphatic heterocycles. The van der Waals surface area contributed by atoms with Crippen LogP contribution in [0.4, 0.5) is 10.1 Å². The molecule has 100 valence electrons. The van der Waals surface area contributed by atoms with Gasteiger partial charge in [0, 0.05) is 13.1 Å². The number of aliphatic hydroxyl groups excluding tert-OH is 1. The minimum atomic E-state index is -0.199. The molecule has 1 saturated heterocycles. The Hall–Kier alpha value is -1.13. The molecule has 1 aromatic rings. The van der Waals surface area contributed by atoms with Gasteiger partial charge in [-0.05, 0) is 31.0 Å². The van der Waals surface area contributed by atoms with Gasteiger partial charge in [0.05, 0.1) is 18.3 Å². The number of aliphatic hydroxyl groups is 1. The molecule has 1 heterocycles. The normalized spacial score (nSPS) is 23.7. The molecule has 1 aromatic carbocycles. The largest absolute Gasteiger partial charge is 0.394 e. The van der Waals surface area contributed by atoms with Crippen molar-refractivity contribution in [3.63, 3.8) is 0 Å². The van der Waals surface area contributed by atoms with Gasteiger partial charge in [-0.2, -0.15) is 0 Å². The lowest BCUT2D eigenvalue weighted by molar-refractivity contribution is 0.244. The summed E-state index contributed by atoms with van der Waals surface area (Å²) in [6.07, 6.45) is 0.999. The predicted molar refractivity (Wildman–Crippen MR) is 71.2 cm³/mol. The molecular formula is C14H21FN2O. The molecule has 0 spiro atoms. The number of benzene rings is 1. The first kappa shape index (κ1) is 13.3. The number of anilines is 1. The van der Waals surface area contributed by atoms with Gasteiger partial charge in [-0.1, -0.05) is 19.1 Å². The van der Waals surface area contributed by atoms with Crippen LogP contribution in [-0.2, 0) is 6.54 Å². The SMILES string of the molecule is CNCc1cccc(F)c1N1CCC(C)C1CO. The van der Waals surface area contributed by atoms with Crippen molar-refractivity contribution < 1.29 is 9.50 Å². The van der Waals surface area contributed by atoms with Crippen molar-refractivity contribution in [3.8, 4) is 0 Å². The summed E-state index contributed by atoms with van der Waals surface area (Å²) in [4.78, 5) is 2.02. The standard InChI is InChI=1S/C14H21FN2O/c1-10-6-7-17(13(10)9-18)14-11(8-16-2)4-3-5-12(14)15/h3-5,10,13,16,18H,6-9H2,1-2H3. The molecule has 0 radical (unpaired) electrons. The van der Waals surface area contributed by atoms with Gasteiger partial charge in [-0.15, -0.1) is 0 Å². The Kier molecular flexibility index (Phi) is 4.19. The molecule has 0 saturated carbocycles. The van der Waals surface area contributed by atoms with Gasteiger partial charge in [0.1, 0.15) is 5.82 Å². The topological polar surface area (TPSA) is 35.5 Å². The molecule has 2 N–H and O–H groups in total. The molecule has 2 atom stereocenters. The van der Waals surface area contributed by atoms with E-state index in [0.717, 1.165) is 18.5 Å². The van der Waals surface area contributed by atoms with Gasteiger partial charge in [-0.25, -0.2) is 4.39 Å². The summed E-state index contributed by atoms with van der Waals surface area (Å²) in [7, 11) is 1.85. The molecule has 3 nitrogen and oxygen atoms in total. The summed E-state index contributed by atoms with van der Waals surface area (Å²) in [5.41, 5.74) is 1.60. The molecule has 0 amide bonds. The van der Waals surface area contributed by atoms with E-state index >= 15 is 0 Å². The van der Waals surface area contributed by atoms with Gasteiger partial charge in [0.15, 0.2) is 0 Å². The summed E-state index contributed by atoms with van der Waals surface area (Å²) in [5, 5.41) is 12.6. The van der Waals surface area contributed by atoms with E-state index in [-0.39, 0.29) is 18.5 Å². The second-order valence-electron chi connectivity index (χ2n) is 4.99. The monoisotopic (exact) mass is 252 g/mol. The van der Waals surface area contributed by atoms with Crippen LogP contribution < -0.4 is 10.2 Å². The fourth-order valence-electron chi connectivity index (χ4n) is 2.78. The molecule has 1 fully saturated rings. The van der Waals surface area contributed by atoms with Crippen molar-refractivity contribution in [2.45, 2.75) is 25.9 Å². The van der Waals surface area contributed by atoms with Gasteiger partial charge >= 0.3 is 0 Å². The van der Waals surface area contributed by atoms with Crippen molar-refractivity contribution in [2.75, 3.05) is 25.1 Å². The number of rotatable bonds is 4. The third kappa shape index (κ3) is 2.35. The van der Waals surface area contributed by atoms with E-state index < -0.39 is 0 Å². The number of para-hydroxylation sites is 1. The van der Waals surface area contributed by atoms with Crippen LogP contribution in [0.5, 0.6) is 0 Å². The van der Waals surface area contributed by atoms with Gasteiger partial charge < -0.3 is 15.3 Å². The highest BCUT2D eigenvalue weighted by Crippen LogP contribution is 2.33. The maximum Gasteiger partial charge on any atom is 0.146 e. The van der Waals surface area contributed by atoms with E-state index in [9.17, 15) is 9.50 Å². The van der Waals surface area contributed by atoms with Crippen molar-refractivity contribution in [3.05, 3.63) is 29.6 Å². The summed E-state index contributed by atoms with van der Waals surface area (Å²) in [5.74, 6) is 0.201.